The fourth-order valence-electron chi connectivity index (χ4n) is 3.25. The zero-order chi connectivity index (χ0) is 16.4. The van der Waals surface area contributed by atoms with Gasteiger partial charge in [-0.25, -0.2) is 4.68 Å². The summed E-state index contributed by atoms with van der Waals surface area (Å²) in [6, 6.07) is 9.89. The number of para-hydroxylation sites is 1. The minimum Gasteiger partial charge on any atom is -0.299 e. The van der Waals surface area contributed by atoms with Crippen molar-refractivity contribution >= 4 is 0 Å². The van der Waals surface area contributed by atoms with Gasteiger partial charge in [-0.05, 0) is 50.8 Å². The van der Waals surface area contributed by atoms with Crippen LogP contribution in [0.3, 0.4) is 0 Å². The van der Waals surface area contributed by atoms with Crippen molar-refractivity contribution in [2.24, 2.45) is 13.0 Å². The number of rotatable bonds is 7. The second-order valence-electron chi connectivity index (χ2n) is 6.72. The molecule has 4 nitrogen and oxygen atoms in total. The second kappa shape index (κ2) is 6.75. The Kier molecular flexibility index (Phi) is 4.71. The van der Waals surface area contributed by atoms with E-state index in [4.69, 9.17) is 0 Å². The van der Waals surface area contributed by atoms with Crippen LogP contribution >= 0.6 is 0 Å². The van der Waals surface area contributed by atoms with Crippen molar-refractivity contribution in [1.82, 2.24) is 14.3 Å². The Morgan fingerprint density at radius 1 is 1.22 bits per heavy atom. The maximum absolute atomic E-state index is 13.0. The first kappa shape index (κ1) is 16.1. The van der Waals surface area contributed by atoms with E-state index in [1.54, 1.807) is 4.68 Å². The van der Waals surface area contributed by atoms with Gasteiger partial charge in [-0.2, -0.15) is 0 Å². The van der Waals surface area contributed by atoms with Crippen LogP contribution in [0.5, 0.6) is 0 Å². The maximum Gasteiger partial charge on any atom is 0.276 e. The normalized spacial score (nSPS) is 14.6. The Balaban J connectivity index is 1.91. The molecular weight excluding hydrogens is 286 g/mol. The van der Waals surface area contributed by atoms with Gasteiger partial charge >= 0.3 is 0 Å². The topological polar surface area (TPSA) is 30.2 Å². The molecule has 2 aromatic rings. The number of aromatic nitrogens is 2. The summed E-state index contributed by atoms with van der Waals surface area (Å²) in [6.45, 7) is 7.22. The first-order valence-corrected chi connectivity index (χ1v) is 8.67. The Morgan fingerprint density at radius 3 is 2.52 bits per heavy atom. The van der Waals surface area contributed by atoms with Crippen LogP contribution in [0.4, 0.5) is 0 Å². The molecule has 0 atom stereocenters. The molecule has 0 saturated heterocycles. The van der Waals surface area contributed by atoms with Gasteiger partial charge in [-0.3, -0.25) is 14.4 Å². The first-order valence-electron chi connectivity index (χ1n) is 8.67. The molecule has 0 radical (unpaired) electrons. The summed E-state index contributed by atoms with van der Waals surface area (Å²) in [5, 5.41) is 0. The smallest absolute Gasteiger partial charge is 0.276 e. The highest BCUT2D eigenvalue weighted by Gasteiger charge is 2.25. The van der Waals surface area contributed by atoms with Gasteiger partial charge in [0.1, 0.15) is 0 Å². The predicted octanol–water partition coefficient (Wildman–Crippen LogP) is 3.11. The van der Waals surface area contributed by atoms with Crippen molar-refractivity contribution in [3.8, 4) is 5.69 Å². The quantitative estimate of drug-likeness (QED) is 0.786. The molecule has 0 unspecified atom stereocenters. The Morgan fingerprint density at radius 2 is 1.91 bits per heavy atom. The number of benzene rings is 1. The fraction of sp³-hybridized carbons (Fsp3) is 0.526. The number of nitrogens with zero attached hydrogens (tertiary/aromatic N) is 3. The van der Waals surface area contributed by atoms with Crippen LogP contribution in [-0.2, 0) is 13.6 Å². The van der Waals surface area contributed by atoms with Gasteiger partial charge in [0.25, 0.3) is 5.56 Å². The summed E-state index contributed by atoms with van der Waals surface area (Å²) in [5.74, 6) is 0.849. The van der Waals surface area contributed by atoms with E-state index in [2.05, 4.69) is 18.7 Å². The summed E-state index contributed by atoms with van der Waals surface area (Å²) in [4.78, 5) is 15.4. The van der Waals surface area contributed by atoms with Crippen molar-refractivity contribution in [2.75, 3.05) is 13.1 Å². The lowest BCUT2D eigenvalue weighted by Crippen LogP contribution is -2.30. The highest BCUT2D eigenvalue weighted by molar-refractivity contribution is 5.33. The average molecular weight is 313 g/mol. The molecule has 0 spiro atoms. The van der Waals surface area contributed by atoms with Crippen molar-refractivity contribution < 1.29 is 0 Å². The van der Waals surface area contributed by atoms with Crippen LogP contribution in [0.15, 0.2) is 35.1 Å². The minimum absolute atomic E-state index is 0.119. The van der Waals surface area contributed by atoms with Crippen LogP contribution in [0.1, 0.15) is 37.4 Å². The number of hydrogen-bond donors (Lipinski definition) is 0. The van der Waals surface area contributed by atoms with Crippen LogP contribution in [-0.4, -0.2) is 27.4 Å². The molecule has 0 bridgehead atoms. The Bertz CT molecular complexity index is 710. The van der Waals surface area contributed by atoms with Gasteiger partial charge in [0.05, 0.1) is 11.3 Å². The zero-order valence-electron chi connectivity index (χ0n) is 14.5. The highest BCUT2D eigenvalue weighted by Crippen LogP contribution is 2.30. The van der Waals surface area contributed by atoms with E-state index in [9.17, 15) is 4.79 Å². The summed E-state index contributed by atoms with van der Waals surface area (Å²) < 4.78 is 3.76. The maximum atomic E-state index is 13.0. The summed E-state index contributed by atoms with van der Waals surface area (Å²) in [7, 11) is 1.97. The van der Waals surface area contributed by atoms with Gasteiger partial charge in [0.15, 0.2) is 0 Å². The monoisotopic (exact) mass is 313 g/mol. The first-order chi connectivity index (χ1) is 11.1. The predicted molar refractivity (Wildman–Crippen MR) is 94.0 cm³/mol. The third-order valence-corrected chi connectivity index (χ3v) is 4.81. The standard InChI is InChI=1S/C19H27N3O/c1-4-12-21(13-16-10-11-16)14-18-15(2)20(3)22(19(18)23)17-8-6-5-7-9-17/h5-9,16H,4,10-14H2,1-3H3. The van der Waals surface area contributed by atoms with Gasteiger partial charge in [-0.15, -0.1) is 0 Å². The molecule has 1 heterocycles. The van der Waals surface area contributed by atoms with Crippen molar-refractivity contribution in [3.05, 3.63) is 51.9 Å². The SMILES string of the molecule is CCCN(Cc1c(C)n(C)n(-c2ccccc2)c1=O)CC1CC1. The molecule has 1 aromatic heterocycles. The Labute approximate surface area is 138 Å². The number of hydrogen-bond acceptors (Lipinski definition) is 2. The fourth-order valence-corrected chi connectivity index (χ4v) is 3.25. The minimum atomic E-state index is 0.119. The molecule has 0 N–H and O–H groups in total. The molecule has 1 aliphatic rings. The van der Waals surface area contributed by atoms with E-state index in [1.165, 1.54) is 12.8 Å². The lowest BCUT2D eigenvalue weighted by Gasteiger charge is -2.20. The molecule has 124 valence electrons. The Hall–Kier alpha value is -1.81. The van der Waals surface area contributed by atoms with Crippen molar-refractivity contribution in [3.63, 3.8) is 0 Å². The van der Waals surface area contributed by atoms with Gasteiger partial charge in [-0.1, -0.05) is 25.1 Å². The third-order valence-electron chi connectivity index (χ3n) is 4.81. The van der Waals surface area contributed by atoms with E-state index in [1.807, 2.05) is 42.1 Å². The molecule has 0 amide bonds. The average Bonchev–Trinajstić information content (AvgIpc) is 3.33. The molecule has 1 fully saturated rings. The third kappa shape index (κ3) is 3.42. The summed E-state index contributed by atoms with van der Waals surface area (Å²) >= 11 is 0. The van der Waals surface area contributed by atoms with E-state index in [0.29, 0.717) is 0 Å². The largest absolute Gasteiger partial charge is 0.299 e. The second-order valence-corrected chi connectivity index (χ2v) is 6.72. The van der Waals surface area contributed by atoms with Gasteiger partial charge in [0, 0.05) is 25.8 Å². The van der Waals surface area contributed by atoms with Crippen LogP contribution in [0, 0.1) is 12.8 Å². The van der Waals surface area contributed by atoms with Crippen LogP contribution in [0.25, 0.3) is 5.69 Å². The molecular formula is C19H27N3O. The highest BCUT2D eigenvalue weighted by atomic mass is 16.1. The van der Waals surface area contributed by atoms with E-state index >= 15 is 0 Å². The lowest BCUT2D eigenvalue weighted by atomic mass is 10.2. The van der Waals surface area contributed by atoms with Crippen LogP contribution in [0.2, 0.25) is 0 Å². The molecule has 23 heavy (non-hydrogen) atoms. The molecule has 4 heteroatoms. The van der Waals surface area contributed by atoms with Crippen molar-refractivity contribution in [2.45, 2.75) is 39.7 Å². The molecule has 0 aliphatic heterocycles. The van der Waals surface area contributed by atoms with Gasteiger partial charge < -0.3 is 0 Å². The van der Waals surface area contributed by atoms with E-state index in [-0.39, 0.29) is 5.56 Å². The summed E-state index contributed by atoms with van der Waals surface area (Å²) in [6.07, 6.45) is 3.83. The molecule has 1 aromatic carbocycles. The van der Waals surface area contributed by atoms with Crippen molar-refractivity contribution in [1.29, 1.82) is 0 Å². The van der Waals surface area contributed by atoms with Gasteiger partial charge in [0.2, 0.25) is 0 Å². The lowest BCUT2D eigenvalue weighted by molar-refractivity contribution is 0.254. The summed E-state index contributed by atoms with van der Waals surface area (Å²) in [5.41, 5.74) is 3.05. The molecule has 3 rings (SSSR count). The molecule has 1 aliphatic carbocycles. The molecule has 1 saturated carbocycles. The zero-order valence-corrected chi connectivity index (χ0v) is 14.5. The van der Waals surface area contributed by atoms with E-state index in [0.717, 1.165) is 48.9 Å². The van der Waals surface area contributed by atoms with E-state index < -0.39 is 0 Å². The van der Waals surface area contributed by atoms with Crippen LogP contribution < -0.4 is 5.56 Å².